The number of aromatic nitrogens is 4. The molecule has 0 saturated heterocycles. The van der Waals surface area contributed by atoms with E-state index in [1.165, 1.54) is 29.2 Å². The molecule has 1 N–H and O–H groups in total. The second kappa shape index (κ2) is 6.77. The molecule has 6 nitrogen and oxygen atoms in total. The standard InChI is InChI=1S/C17H10Cl2F3N5O/c18-12-5-11(6-13(19)7-12)16(17(20,21)22)8-15(24-28-16)10-1-3-14(4-2-10)27-9-23-25-26-27/h1-9,24H. The van der Waals surface area contributed by atoms with Gasteiger partial charge in [0.2, 0.25) is 5.60 Å². The Morgan fingerprint density at radius 3 is 2.29 bits per heavy atom. The molecule has 2 aromatic carbocycles. The first-order valence-corrected chi connectivity index (χ1v) is 8.58. The number of nitrogens with one attached hydrogen (secondary N) is 1. The lowest BCUT2D eigenvalue weighted by molar-refractivity contribution is -0.269. The van der Waals surface area contributed by atoms with Crippen molar-refractivity contribution in [2.75, 3.05) is 0 Å². The minimum absolute atomic E-state index is 0.0716. The summed E-state index contributed by atoms with van der Waals surface area (Å²) < 4.78 is 43.4. The number of alkyl halides is 3. The first-order valence-electron chi connectivity index (χ1n) is 7.82. The lowest BCUT2D eigenvalue weighted by Gasteiger charge is -2.28. The number of hydrogen-bond donors (Lipinski definition) is 1. The zero-order valence-corrected chi connectivity index (χ0v) is 15.3. The number of hydroxylamine groups is 1. The molecule has 28 heavy (non-hydrogen) atoms. The van der Waals surface area contributed by atoms with Gasteiger partial charge in [0.1, 0.15) is 6.33 Å². The third kappa shape index (κ3) is 3.21. The van der Waals surface area contributed by atoms with Gasteiger partial charge in [0.15, 0.2) is 0 Å². The van der Waals surface area contributed by atoms with E-state index in [4.69, 9.17) is 28.0 Å². The van der Waals surface area contributed by atoms with Gasteiger partial charge in [-0.1, -0.05) is 35.3 Å². The van der Waals surface area contributed by atoms with Gasteiger partial charge in [-0.05, 0) is 52.4 Å². The van der Waals surface area contributed by atoms with E-state index in [2.05, 4.69) is 21.0 Å². The van der Waals surface area contributed by atoms with E-state index in [0.717, 1.165) is 6.08 Å². The van der Waals surface area contributed by atoms with E-state index in [0.29, 0.717) is 11.3 Å². The molecule has 0 saturated carbocycles. The molecule has 4 rings (SSSR count). The van der Waals surface area contributed by atoms with Crippen molar-refractivity contribution in [3.05, 3.63) is 76.0 Å². The average molecular weight is 428 g/mol. The van der Waals surface area contributed by atoms with E-state index < -0.39 is 11.8 Å². The maximum absolute atomic E-state index is 14.0. The van der Waals surface area contributed by atoms with Crippen LogP contribution in [0.2, 0.25) is 10.0 Å². The van der Waals surface area contributed by atoms with Crippen LogP contribution in [0.5, 0.6) is 0 Å². The minimum Gasteiger partial charge on any atom is -0.265 e. The summed E-state index contributed by atoms with van der Waals surface area (Å²) in [5, 5.41) is 11.0. The number of tetrazole rings is 1. The van der Waals surface area contributed by atoms with Crippen LogP contribution < -0.4 is 5.48 Å². The topological polar surface area (TPSA) is 64.9 Å². The van der Waals surface area contributed by atoms with Crippen LogP contribution in [0.4, 0.5) is 13.2 Å². The lowest BCUT2D eigenvalue weighted by Crippen LogP contribution is -2.42. The molecule has 1 aromatic heterocycles. The molecule has 1 unspecified atom stereocenters. The Balaban J connectivity index is 1.75. The minimum atomic E-state index is -4.76. The summed E-state index contributed by atoms with van der Waals surface area (Å²) in [7, 11) is 0. The molecule has 3 aromatic rings. The molecule has 0 fully saturated rings. The van der Waals surface area contributed by atoms with E-state index in [-0.39, 0.29) is 21.3 Å². The quantitative estimate of drug-likeness (QED) is 0.674. The number of rotatable bonds is 3. The fourth-order valence-electron chi connectivity index (χ4n) is 2.83. The first-order chi connectivity index (χ1) is 13.3. The van der Waals surface area contributed by atoms with Crippen molar-refractivity contribution < 1.29 is 18.0 Å². The molecular weight excluding hydrogens is 418 g/mol. The molecule has 144 valence electrons. The molecule has 11 heteroatoms. The number of nitrogens with zero attached hydrogens (tertiary/aromatic N) is 4. The summed E-state index contributed by atoms with van der Waals surface area (Å²) in [5.41, 5.74) is 0.690. The van der Waals surface area contributed by atoms with Crippen molar-refractivity contribution in [1.29, 1.82) is 0 Å². The monoisotopic (exact) mass is 427 g/mol. The summed E-state index contributed by atoms with van der Waals surface area (Å²) in [4.78, 5) is 5.05. The highest BCUT2D eigenvalue weighted by Gasteiger charge is 2.59. The Morgan fingerprint density at radius 1 is 1.04 bits per heavy atom. The van der Waals surface area contributed by atoms with Crippen molar-refractivity contribution in [2.24, 2.45) is 0 Å². The Hall–Kier alpha value is -2.62. The van der Waals surface area contributed by atoms with Gasteiger partial charge in [0.05, 0.1) is 11.4 Å². The third-order valence-electron chi connectivity index (χ3n) is 4.17. The van der Waals surface area contributed by atoms with Gasteiger partial charge in [-0.2, -0.15) is 13.2 Å². The molecule has 0 amide bonds. The first kappa shape index (κ1) is 18.7. The summed E-state index contributed by atoms with van der Waals surface area (Å²) in [5.74, 6) is 0. The van der Waals surface area contributed by atoms with Gasteiger partial charge in [0.25, 0.3) is 0 Å². The Bertz CT molecular complexity index is 1020. The molecule has 0 spiro atoms. The molecule has 0 bridgehead atoms. The highest BCUT2D eigenvalue weighted by molar-refractivity contribution is 6.34. The third-order valence-corrected chi connectivity index (χ3v) is 4.61. The number of hydrogen-bond acceptors (Lipinski definition) is 5. The van der Waals surface area contributed by atoms with Crippen LogP contribution in [0.15, 0.2) is 54.9 Å². The second-order valence-electron chi connectivity index (χ2n) is 5.95. The van der Waals surface area contributed by atoms with Crippen LogP contribution in [0.3, 0.4) is 0 Å². The van der Waals surface area contributed by atoms with Crippen LogP contribution in [0.25, 0.3) is 11.4 Å². The summed E-state index contributed by atoms with van der Waals surface area (Å²) in [6, 6.07) is 10.3. The van der Waals surface area contributed by atoms with Crippen molar-refractivity contribution in [3.8, 4) is 5.69 Å². The lowest BCUT2D eigenvalue weighted by atomic mass is 9.91. The van der Waals surface area contributed by atoms with Crippen LogP contribution in [-0.2, 0) is 10.4 Å². The zero-order chi connectivity index (χ0) is 19.9. The smallest absolute Gasteiger partial charge is 0.265 e. The average Bonchev–Trinajstić information content (AvgIpc) is 3.31. The van der Waals surface area contributed by atoms with Crippen LogP contribution in [0, 0.1) is 0 Å². The van der Waals surface area contributed by atoms with Crippen molar-refractivity contribution in [1.82, 2.24) is 25.7 Å². The van der Waals surface area contributed by atoms with Gasteiger partial charge >= 0.3 is 6.18 Å². The zero-order valence-electron chi connectivity index (χ0n) is 13.8. The fraction of sp³-hybridized carbons (Fsp3) is 0.118. The van der Waals surface area contributed by atoms with Crippen LogP contribution in [0.1, 0.15) is 11.1 Å². The fourth-order valence-corrected chi connectivity index (χ4v) is 3.35. The molecular formula is C17H10Cl2F3N5O. The van der Waals surface area contributed by atoms with E-state index in [1.54, 1.807) is 24.3 Å². The largest absolute Gasteiger partial charge is 0.428 e. The van der Waals surface area contributed by atoms with Gasteiger partial charge in [-0.25, -0.2) is 4.68 Å². The molecule has 1 atom stereocenters. The number of halogens is 5. The molecule has 1 aliphatic heterocycles. The van der Waals surface area contributed by atoms with Crippen molar-refractivity contribution in [2.45, 2.75) is 11.8 Å². The van der Waals surface area contributed by atoms with Gasteiger partial charge in [-0.3, -0.25) is 10.3 Å². The highest BCUT2D eigenvalue weighted by atomic mass is 35.5. The van der Waals surface area contributed by atoms with E-state index in [1.807, 2.05) is 0 Å². The molecule has 1 aliphatic rings. The number of benzene rings is 2. The van der Waals surface area contributed by atoms with Gasteiger partial charge < -0.3 is 0 Å². The predicted octanol–water partition coefficient (Wildman–Crippen LogP) is 4.30. The van der Waals surface area contributed by atoms with Crippen LogP contribution in [-0.4, -0.2) is 26.4 Å². The van der Waals surface area contributed by atoms with E-state index >= 15 is 0 Å². The Labute approximate surface area is 166 Å². The predicted molar refractivity (Wildman–Crippen MR) is 95.5 cm³/mol. The van der Waals surface area contributed by atoms with Crippen LogP contribution >= 0.6 is 23.2 Å². The Kier molecular flexibility index (Phi) is 4.53. The molecule has 2 heterocycles. The van der Waals surface area contributed by atoms with Crippen molar-refractivity contribution >= 4 is 28.9 Å². The Morgan fingerprint density at radius 2 is 1.71 bits per heavy atom. The maximum Gasteiger partial charge on any atom is 0.428 e. The van der Waals surface area contributed by atoms with Gasteiger partial charge in [-0.15, -0.1) is 5.10 Å². The normalized spacial score (nSPS) is 19.4. The molecule has 0 aliphatic carbocycles. The van der Waals surface area contributed by atoms with Crippen molar-refractivity contribution in [3.63, 3.8) is 0 Å². The summed E-state index contributed by atoms with van der Waals surface area (Å²) in [6.45, 7) is 0. The SMILES string of the molecule is FC(F)(F)C1(c2cc(Cl)cc(Cl)c2)C=C(c2ccc(-n3cnnn3)cc2)NO1. The summed E-state index contributed by atoms with van der Waals surface area (Å²) >= 11 is 11.8. The maximum atomic E-state index is 14.0. The molecule has 0 radical (unpaired) electrons. The van der Waals surface area contributed by atoms with E-state index in [9.17, 15) is 13.2 Å². The highest BCUT2D eigenvalue weighted by Crippen LogP contribution is 2.48. The second-order valence-corrected chi connectivity index (χ2v) is 6.83. The summed E-state index contributed by atoms with van der Waals surface area (Å²) in [6.07, 6.45) is -2.40. The van der Waals surface area contributed by atoms with Gasteiger partial charge in [0, 0.05) is 15.6 Å².